The number of hydrogen-bond acceptors (Lipinski definition) is 2. The number of aliphatic hydroxyl groups excluding tert-OH is 2. The predicted octanol–water partition coefficient (Wildman–Crippen LogP) is 0.673. The third-order valence-electron chi connectivity index (χ3n) is 2.58. The lowest BCUT2D eigenvalue weighted by atomic mass is 9.78. The molecule has 0 saturated heterocycles. The van der Waals surface area contributed by atoms with Gasteiger partial charge >= 0.3 is 0 Å². The Kier molecular flexibility index (Phi) is 3.40. The van der Waals surface area contributed by atoms with Crippen molar-refractivity contribution in [1.82, 2.24) is 0 Å². The van der Waals surface area contributed by atoms with E-state index in [1.807, 2.05) is 0 Å². The summed E-state index contributed by atoms with van der Waals surface area (Å²) >= 11 is 0. The Hall–Kier alpha value is -0.220. The van der Waals surface area contributed by atoms with E-state index in [2.05, 4.69) is 0 Å². The quantitative estimate of drug-likeness (QED) is 0.655. The van der Waals surface area contributed by atoms with Crippen LogP contribution in [0.5, 0.6) is 0 Å². The summed E-state index contributed by atoms with van der Waals surface area (Å²) in [6.07, 6.45) is -2.87. The molecule has 0 spiro atoms. The fourth-order valence-electron chi connectivity index (χ4n) is 1.71. The van der Waals surface area contributed by atoms with Crippen molar-refractivity contribution in [1.29, 1.82) is 0 Å². The van der Waals surface area contributed by atoms with Crippen molar-refractivity contribution < 1.29 is 19.0 Å². The molecule has 0 heterocycles. The second-order valence-electron chi connectivity index (χ2n) is 3.39. The molecule has 0 aromatic rings. The molecule has 1 fully saturated rings. The van der Waals surface area contributed by atoms with Crippen molar-refractivity contribution >= 4 is 0 Å². The third kappa shape index (κ3) is 1.93. The SMILES string of the molecule is OCC1CC(F)C(F)CC1CO. The summed E-state index contributed by atoms with van der Waals surface area (Å²) in [7, 11) is 0. The fraction of sp³-hybridized carbons (Fsp3) is 1.00. The van der Waals surface area contributed by atoms with E-state index in [0.29, 0.717) is 0 Å². The van der Waals surface area contributed by atoms with E-state index in [1.165, 1.54) is 0 Å². The molecule has 4 unspecified atom stereocenters. The third-order valence-corrected chi connectivity index (χ3v) is 2.58. The van der Waals surface area contributed by atoms with Crippen molar-refractivity contribution in [3.63, 3.8) is 0 Å². The molecule has 0 aliphatic heterocycles. The molecule has 12 heavy (non-hydrogen) atoms. The van der Waals surface area contributed by atoms with Crippen LogP contribution in [0.25, 0.3) is 0 Å². The zero-order valence-corrected chi connectivity index (χ0v) is 6.79. The van der Waals surface area contributed by atoms with E-state index in [0.717, 1.165) is 0 Å². The monoisotopic (exact) mass is 180 g/mol. The van der Waals surface area contributed by atoms with Gasteiger partial charge in [0.2, 0.25) is 0 Å². The molecule has 72 valence electrons. The topological polar surface area (TPSA) is 40.5 Å². The van der Waals surface area contributed by atoms with E-state index in [1.54, 1.807) is 0 Å². The van der Waals surface area contributed by atoms with Gasteiger partial charge in [-0.1, -0.05) is 0 Å². The minimum atomic E-state index is -1.47. The Bertz CT molecular complexity index is 127. The molecule has 1 aliphatic rings. The average Bonchev–Trinajstić information content (AvgIpc) is 2.09. The Labute approximate surface area is 70.2 Å². The summed E-state index contributed by atoms with van der Waals surface area (Å²) in [5.74, 6) is -0.561. The van der Waals surface area contributed by atoms with Gasteiger partial charge in [0.1, 0.15) is 12.3 Å². The summed E-state index contributed by atoms with van der Waals surface area (Å²) in [6.45, 7) is -0.337. The molecular weight excluding hydrogens is 166 g/mol. The first-order chi connectivity index (χ1) is 5.69. The van der Waals surface area contributed by atoms with Crippen molar-refractivity contribution in [2.45, 2.75) is 25.2 Å². The van der Waals surface area contributed by atoms with Crippen molar-refractivity contribution in [3.05, 3.63) is 0 Å². The number of aliphatic hydroxyl groups is 2. The summed E-state index contributed by atoms with van der Waals surface area (Å²) in [5, 5.41) is 17.6. The second-order valence-corrected chi connectivity index (χ2v) is 3.39. The van der Waals surface area contributed by atoms with E-state index in [-0.39, 0.29) is 37.9 Å². The van der Waals surface area contributed by atoms with Gasteiger partial charge in [0.25, 0.3) is 0 Å². The van der Waals surface area contributed by atoms with E-state index in [4.69, 9.17) is 10.2 Å². The molecule has 1 saturated carbocycles. The molecule has 4 atom stereocenters. The molecule has 1 aliphatic carbocycles. The number of rotatable bonds is 2. The first-order valence-corrected chi connectivity index (χ1v) is 4.19. The lowest BCUT2D eigenvalue weighted by molar-refractivity contribution is 0.00381. The van der Waals surface area contributed by atoms with Crippen LogP contribution in [0.4, 0.5) is 8.78 Å². The van der Waals surface area contributed by atoms with E-state index >= 15 is 0 Å². The van der Waals surface area contributed by atoms with Gasteiger partial charge in [-0.25, -0.2) is 8.78 Å². The van der Waals surface area contributed by atoms with Gasteiger partial charge in [0, 0.05) is 13.2 Å². The molecule has 0 radical (unpaired) electrons. The maximum atomic E-state index is 12.8. The normalized spacial score (nSPS) is 43.0. The highest BCUT2D eigenvalue weighted by atomic mass is 19.2. The second kappa shape index (κ2) is 4.14. The van der Waals surface area contributed by atoms with E-state index < -0.39 is 12.3 Å². The first-order valence-electron chi connectivity index (χ1n) is 4.19. The minimum absolute atomic E-state index is 0.0306. The standard InChI is InChI=1S/C8H14F2O2/c9-7-1-5(3-11)6(4-12)2-8(7)10/h5-8,11-12H,1-4H2. The Morgan fingerprint density at radius 3 is 1.50 bits per heavy atom. The van der Waals surface area contributed by atoms with Crippen LogP contribution in [0, 0.1) is 11.8 Å². The van der Waals surface area contributed by atoms with Gasteiger partial charge in [-0.15, -0.1) is 0 Å². The summed E-state index contributed by atoms with van der Waals surface area (Å²) in [4.78, 5) is 0. The molecular formula is C8H14F2O2. The molecule has 0 amide bonds. The maximum absolute atomic E-state index is 12.8. The van der Waals surface area contributed by atoms with Crippen molar-refractivity contribution in [2.75, 3.05) is 13.2 Å². The van der Waals surface area contributed by atoms with Crippen LogP contribution >= 0.6 is 0 Å². The molecule has 0 aromatic heterocycles. The maximum Gasteiger partial charge on any atom is 0.132 e. The number of alkyl halides is 2. The van der Waals surface area contributed by atoms with Gasteiger partial charge in [0.05, 0.1) is 0 Å². The van der Waals surface area contributed by atoms with Crippen LogP contribution in [0.3, 0.4) is 0 Å². The summed E-state index contributed by atoms with van der Waals surface area (Å²) in [6, 6.07) is 0. The lowest BCUT2D eigenvalue weighted by Gasteiger charge is -2.32. The van der Waals surface area contributed by atoms with E-state index in [9.17, 15) is 8.78 Å². The zero-order valence-electron chi connectivity index (χ0n) is 6.79. The highest BCUT2D eigenvalue weighted by Gasteiger charge is 2.36. The van der Waals surface area contributed by atoms with Crippen molar-refractivity contribution in [2.24, 2.45) is 11.8 Å². The highest BCUT2D eigenvalue weighted by Crippen LogP contribution is 2.33. The van der Waals surface area contributed by atoms with Gasteiger partial charge in [-0.3, -0.25) is 0 Å². The Morgan fingerprint density at radius 1 is 0.917 bits per heavy atom. The molecule has 2 N–H and O–H groups in total. The fourth-order valence-corrected chi connectivity index (χ4v) is 1.71. The predicted molar refractivity (Wildman–Crippen MR) is 40.2 cm³/mol. The number of hydrogen-bond donors (Lipinski definition) is 2. The average molecular weight is 180 g/mol. The largest absolute Gasteiger partial charge is 0.396 e. The molecule has 0 aromatic carbocycles. The van der Waals surface area contributed by atoms with Gasteiger partial charge in [0.15, 0.2) is 0 Å². The summed E-state index contributed by atoms with van der Waals surface area (Å²) in [5.41, 5.74) is 0. The smallest absolute Gasteiger partial charge is 0.132 e. The van der Waals surface area contributed by atoms with Crippen LogP contribution in [-0.4, -0.2) is 35.8 Å². The van der Waals surface area contributed by atoms with Crippen LogP contribution in [0.2, 0.25) is 0 Å². The molecule has 1 rings (SSSR count). The van der Waals surface area contributed by atoms with Gasteiger partial charge in [-0.2, -0.15) is 0 Å². The van der Waals surface area contributed by atoms with Gasteiger partial charge < -0.3 is 10.2 Å². The minimum Gasteiger partial charge on any atom is -0.396 e. The van der Waals surface area contributed by atoms with Crippen LogP contribution in [0.15, 0.2) is 0 Å². The lowest BCUT2D eigenvalue weighted by Crippen LogP contribution is -2.37. The molecule has 0 bridgehead atoms. The Balaban J connectivity index is 2.52. The number of halogens is 2. The Morgan fingerprint density at radius 2 is 1.25 bits per heavy atom. The highest BCUT2D eigenvalue weighted by molar-refractivity contribution is 4.85. The summed E-state index contributed by atoms with van der Waals surface area (Å²) < 4.78 is 25.5. The molecule has 2 nitrogen and oxygen atoms in total. The van der Waals surface area contributed by atoms with Crippen LogP contribution in [0.1, 0.15) is 12.8 Å². The van der Waals surface area contributed by atoms with Gasteiger partial charge in [-0.05, 0) is 24.7 Å². The molecule has 4 heteroatoms. The first kappa shape index (κ1) is 9.86. The van der Waals surface area contributed by atoms with Crippen LogP contribution < -0.4 is 0 Å². The van der Waals surface area contributed by atoms with Crippen molar-refractivity contribution in [3.8, 4) is 0 Å². The van der Waals surface area contributed by atoms with Crippen LogP contribution in [-0.2, 0) is 0 Å². The zero-order chi connectivity index (χ0) is 9.14.